The molecule has 1 aliphatic carbocycles. The van der Waals surface area contributed by atoms with E-state index in [9.17, 15) is 4.79 Å². The van der Waals surface area contributed by atoms with E-state index in [1.54, 1.807) is 0 Å². The Bertz CT molecular complexity index is 907. The smallest absolute Gasteiger partial charge is 0.164 e. The fourth-order valence-electron chi connectivity index (χ4n) is 4.14. The third-order valence-electron chi connectivity index (χ3n) is 5.74. The van der Waals surface area contributed by atoms with Gasteiger partial charge < -0.3 is 5.32 Å². The average Bonchev–Trinajstić information content (AvgIpc) is 2.74. The van der Waals surface area contributed by atoms with Crippen molar-refractivity contribution in [2.24, 2.45) is 0 Å². The van der Waals surface area contributed by atoms with Gasteiger partial charge in [-0.1, -0.05) is 67.8 Å². The van der Waals surface area contributed by atoms with Gasteiger partial charge in [0.05, 0.1) is 0 Å². The number of nitrogens with one attached hydrogen (secondary N) is 1. The molecule has 3 aromatic rings. The van der Waals surface area contributed by atoms with Gasteiger partial charge in [0.15, 0.2) is 5.78 Å². The Morgan fingerprint density at radius 2 is 1.59 bits per heavy atom. The summed E-state index contributed by atoms with van der Waals surface area (Å²) in [5.74, 6) is 0.925. The predicted molar refractivity (Wildman–Crippen MR) is 114 cm³/mol. The fraction of sp³-hybridized carbons (Fsp3) is 0.320. The lowest BCUT2D eigenvalue weighted by Gasteiger charge is -2.22. The molecule has 27 heavy (non-hydrogen) atoms. The molecule has 0 aromatic heterocycles. The second kappa shape index (κ2) is 8.39. The number of hydrogen-bond acceptors (Lipinski definition) is 2. The van der Waals surface area contributed by atoms with E-state index in [2.05, 4.69) is 41.7 Å². The minimum atomic E-state index is 0.187. The van der Waals surface area contributed by atoms with E-state index in [1.165, 1.54) is 43.1 Å². The highest BCUT2D eigenvalue weighted by molar-refractivity contribution is 6.00. The number of carbonyl (C=O) groups excluding carboxylic acids is 1. The molecule has 138 valence electrons. The summed E-state index contributed by atoms with van der Waals surface area (Å²) in [5.41, 5.74) is 3.36. The quantitative estimate of drug-likeness (QED) is 0.505. The molecule has 1 saturated carbocycles. The van der Waals surface area contributed by atoms with Crippen LogP contribution in [0.4, 0.5) is 5.69 Å². The monoisotopic (exact) mass is 357 g/mol. The van der Waals surface area contributed by atoms with Crippen molar-refractivity contribution < 1.29 is 4.79 Å². The Morgan fingerprint density at radius 3 is 2.37 bits per heavy atom. The van der Waals surface area contributed by atoms with E-state index < -0.39 is 0 Å². The van der Waals surface area contributed by atoms with Crippen LogP contribution in [0.5, 0.6) is 0 Å². The van der Waals surface area contributed by atoms with Crippen molar-refractivity contribution in [2.75, 3.05) is 11.9 Å². The molecule has 0 bridgehead atoms. The minimum absolute atomic E-state index is 0.187. The Balaban J connectivity index is 1.31. The van der Waals surface area contributed by atoms with Crippen molar-refractivity contribution >= 4 is 22.2 Å². The van der Waals surface area contributed by atoms with Gasteiger partial charge in [-0.2, -0.15) is 0 Å². The molecule has 2 heteroatoms. The Kier molecular flexibility index (Phi) is 5.53. The molecular weight excluding hydrogens is 330 g/mol. The summed E-state index contributed by atoms with van der Waals surface area (Å²) in [6, 6.07) is 22.9. The van der Waals surface area contributed by atoms with Crippen molar-refractivity contribution in [3.8, 4) is 0 Å². The lowest BCUT2D eigenvalue weighted by molar-refractivity contribution is 0.0986. The molecule has 0 amide bonds. The zero-order valence-electron chi connectivity index (χ0n) is 15.8. The molecule has 2 nitrogen and oxygen atoms in total. The van der Waals surface area contributed by atoms with Crippen molar-refractivity contribution in [1.82, 2.24) is 0 Å². The number of benzene rings is 3. The molecular formula is C25H27NO. The van der Waals surface area contributed by atoms with E-state index in [4.69, 9.17) is 0 Å². The molecule has 0 saturated heterocycles. The number of anilines is 1. The second-order valence-electron chi connectivity index (χ2n) is 7.62. The molecule has 1 N–H and O–H groups in total. The summed E-state index contributed by atoms with van der Waals surface area (Å²) in [4.78, 5) is 12.5. The third kappa shape index (κ3) is 4.39. The number of hydrogen-bond donors (Lipinski definition) is 1. The topological polar surface area (TPSA) is 29.1 Å². The summed E-state index contributed by atoms with van der Waals surface area (Å²) in [7, 11) is 0. The molecule has 0 radical (unpaired) electrons. The van der Waals surface area contributed by atoms with Crippen molar-refractivity contribution in [2.45, 2.75) is 44.4 Å². The maximum Gasteiger partial charge on any atom is 0.164 e. The van der Waals surface area contributed by atoms with E-state index in [-0.39, 0.29) is 5.78 Å². The summed E-state index contributed by atoms with van der Waals surface area (Å²) >= 11 is 0. The molecule has 0 unspecified atom stereocenters. The van der Waals surface area contributed by atoms with Crippen LogP contribution in [0.1, 0.15) is 60.4 Å². The lowest BCUT2D eigenvalue weighted by atomic mass is 9.84. The summed E-state index contributed by atoms with van der Waals surface area (Å²) in [6.07, 6.45) is 7.27. The first kappa shape index (κ1) is 17.8. The van der Waals surface area contributed by atoms with Crippen LogP contribution in [-0.2, 0) is 0 Å². The molecule has 0 atom stereocenters. The molecule has 1 aliphatic rings. The van der Waals surface area contributed by atoms with E-state index in [0.29, 0.717) is 13.0 Å². The maximum absolute atomic E-state index is 12.5. The van der Waals surface area contributed by atoms with Gasteiger partial charge in [0.25, 0.3) is 0 Å². The van der Waals surface area contributed by atoms with Crippen LogP contribution < -0.4 is 5.32 Å². The van der Waals surface area contributed by atoms with E-state index in [1.807, 2.05) is 30.3 Å². The summed E-state index contributed by atoms with van der Waals surface area (Å²) in [6.45, 7) is 0.661. The normalized spacial score (nSPS) is 15.0. The summed E-state index contributed by atoms with van der Waals surface area (Å²) < 4.78 is 0. The van der Waals surface area contributed by atoms with E-state index >= 15 is 0 Å². The Hall–Kier alpha value is -2.61. The van der Waals surface area contributed by atoms with Gasteiger partial charge in [0.2, 0.25) is 0 Å². The standard InChI is InChI=1S/C25H27NO/c27-25(23-11-10-20-8-4-5-9-22(20)18-23)16-17-26-24-14-12-21(13-15-24)19-6-2-1-3-7-19/h4-5,8-15,18-19,26H,1-3,6-7,16-17H2. The predicted octanol–water partition coefficient (Wildman–Crippen LogP) is 6.57. The van der Waals surface area contributed by atoms with Gasteiger partial charge in [-0.15, -0.1) is 0 Å². The largest absolute Gasteiger partial charge is 0.385 e. The molecule has 0 aliphatic heterocycles. The van der Waals surface area contributed by atoms with Crippen LogP contribution in [-0.4, -0.2) is 12.3 Å². The average molecular weight is 357 g/mol. The first-order chi connectivity index (χ1) is 13.3. The SMILES string of the molecule is O=C(CCNc1ccc(C2CCCCC2)cc1)c1ccc2ccccc2c1. The highest BCUT2D eigenvalue weighted by Crippen LogP contribution is 2.32. The van der Waals surface area contributed by atoms with Crippen LogP contribution in [0.3, 0.4) is 0 Å². The van der Waals surface area contributed by atoms with Crippen molar-refractivity contribution in [3.05, 3.63) is 77.9 Å². The minimum Gasteiger partial charge on any atom is -0.385 e. The highest BCUT2D eigenvalue weighted by atomic mass is 16.1. The Labute approximate surface area is 161 Å². The molecule has 3 aromatic carbocycles. The van der Waals surface area contributed by atoms with Gasteiger partial charge in [-0.3, -0.25) is 4.79 Å². The van der Waals surface area contributed by atoms with Crippen molar-refractivity contribution in [3.63, 3.8) is 0 Å². The van der Waals surface area contributed by atoms with Gasteiger partial charge in [0.1, 0.15) is 0 Å². The maximum atomic E-state index is 12.5. The molecule has 0 spiro atoms. The molecule has 1 fully saturated rings. The van der Waals surface area contributed by atoms with Gasteiger partial charge >= 0.3 is 0 Å². The zero-order valence-corrected chi connectivity index (χ0v) is 15.8. The third-order valence-corrected chi connectivity index (χ3v) is 5.74. The lowest BCUT2D eigenvalue weighted by Crippen LogP contribution is -2.09. The van der Waals surface area contributed by atoms with E-state index in [0.717, 1.165) is 22.6 Å². The first-order valence-electron chi connectivity index (χ1n) is 10.2. The number of ketones is 1. The second-order valence-corrected chi connectivity index (χ2v) is 7.62. The van der Waals surface area contributed by atoms with Gasteiger partial charge in [-0.05, 0) is 53.3 Å². The molecule has 0 heterocycles. The van der Waals surface area contributed by atoms with Gasteiger partial charge in [0, 0.05) is 24.2 Å². The number of fused-ring (bicyclic) bond motifs is 1. The van der Waals surface area contributed by atoms with Gasteiger partial charge in [-0.25, -0.2) is 0 Å². The number of Topliss-reactive ketones (excluding diaryl/α,β-unsaturated/α-hetero) is 1. The first-order valence-corrected chi connectivity index (χ1v) is 10.2. The van der Waals surface area contributed by atoms with Crippen LogP contribution in [0.2, 0.25) is 0 Å². The fourth-order valence-corrected chi connectivity index (χ4v) is 4.14. The Morgan fingerprint density at radius 1 is 0.852 bits per heavy atom. The zero-order chi connectivity index (χ0) is 18.5. The van der Waals surface area contributed by atoms with Crippen LogP contribution >= 0.6 is 0 Å². The summed E-state index contributed by atoms with van der Waals surface area (Å²) in [5, 5.41) is 5.68. The van der Waals surface area contributed by atoms with Crippen molar-refractivity contribution in [1.29, 1.82) is 0 Å². The highest BCUT2D eigenvalue weighted by Gasteiger charge is 2.15. The van der Waals surface area contributed by atoms with Crippen LogP contribution in [0, 0.1) is 0 Å². The number of rotatable bonds is 6. The van der Waals surface area contributed by atoms with Crippen LogP contribution in [0.15, 0.2) is 66.7 Å². The number of carbonyl (C=O) groups is 1. The van der Waals surface area contributed by atoms with Crippen LogP contribution in [0.25, 0.3) is 10.8 Å². The molecule has 4 rings (SSSR count).